The van der Waals surface area contributed by atoms with Crippen LogP contribution < -0.4 is 10.6 Å². The van der Waals surface area contributed by atoms with Gasteiger partial charge in [-0.05, 0) is 30.9 Å². The lowest BCUT2D eigenvalue weighted by Crippen LogP contribution is -2.61. The molecule has 0 aliphatic carbocycles. The van der Waals surface area contributed by atoms with Gasteiger partial charge in [0.15, 0.2) is 0 Å². The van der Waals surface area contributed by atoms with Gasteiger partial charge in [0.05, 0.1) is 12.1 Å². The van der Waals surface area contributed by atoms with Crippen molar-refractivity contribution in [3.63, 3.8) is 0 Å². The smallest absolute Gasteiger partial charge is 0.331 e. The van der Waals surface area contributed by atoms with Crippen LogP contribution in [0.15, 0.2) is 42.0 Å². The van der Waals surface area contributed by atoms with E-state index in [0.29, 0.717) is 0 Å². The van der Waals surface area contributed by atoms with Crippen LogP contribution in [0.2, 0.25) is 0 Å². The average molecular weight is 510 g/mol. The second-order valence-corrected chi connectivity index (χ2v) is 11.0. The second kappa shape index (κ2) is 13.1. The summed E-state index contributed by atoms with van der Waals surface area (Å²) in [5.74, 6) is -1.56. The van der Waals surface area contributed by atoms with Gasteiger partial charge in [-0.1, -0.05) is 84.9 Å². The molecule has 198 valence electrons. The van der Waals surface area contributed by atoms with E-state index >= 15 is 0 Å². The normalized spacial score (nSPS) is 15.0. The summed E-state index contributed by atoms with van der Waals surface area (Å²) < 4.78 is 0. The molecule has 0 saturated heterocycles. The SMILES string of the molecule is CN[C@H](C(=O)N[C@H](C(=O)N(C)[C@H](/C=C(\C)C(=O)O)C(C)C)C(C)(C)C)C(C)(C)c1ccccc1.Cl. The van der Waals surface area contributed by atoms with Crippen molar-refractivity contribution in [1.29, 1.82) is 0 Å². The van der Waals surface area contributed by atoms with E-state index in [1.54, 1.807) is 25.1 Å². The Hall–Kier alpha value is -2.38. The number of amides is 2. The maximum atomic E-state index is 13.7. The van der Waals surface area contributed by atoms with Crippen LogP contribution >= 0.6 is 12.4 Å². The number of carbonyl (C=O) groups excluding carboxylic acids is 2. The standard InChI is InChI=1S/C27H43N3O4.ClH/c1-17(2)20(16-18(3)25(33)34)30(10)24(32)22(26(4,5)6)29-23(31)21(28-9)27(7,8)19-14-12-11-13-15-19;/h11-17,20-22,28H,1-10H3,(H,29,31)(H,33,34);1H/b18-16+;/t20-,21-,22-;/m1./s1. The van der Waals surface area contributed by atoms with E-state index in [0.717, 1.165) is 5.56 Å². The Labute approximate surface area is 217 Å². The Balaban J connectivity index is 0.0000116. The number of benzene rings is 1. The first kappa shape index (κ1) is 32.6. The van der Waals surface area contributed by atoms with Gasteiger partial charge in [0.25, 0.3) is 0 Å². The number of rotatable bonds is 10. The minimum Gasteiger partial charge on any atom is -0.478 e. The topological polar surface area (TPSA) is 98.7 Å². The van der Waals surface area contributed by atoms with E-state index in [9.17, 15) is 19.5 Å². The Morgan fingerprint density at radius 3 is 1.91 bits per heavy atom. The summed E-state index contributed by atoms with van der Waals surface area (Å²) in [5.41, 5.74) is 0.0895. The lowest BCUT2D eigenvalue weighted by Gasteiger charge is -2.39. The lowest BCUT2D eigenvalue weighted by atomic mass is 9.76. The molecule has 0 saturated carbocycles. The van der Waals surface area contributed by atoms with Crippen LogP contribution in [0.4, 0.5) is 0 Å². The molecule has 0 aliphatic rings. The van der Waals surface area contributed by atoms with Crippen molar-refractivity contribution >= 4 is 30.2 Å². The number of halogens is 1. The molecule has 0 aromatic heterocycles. The first-order valence-corrected chi connectivity index (χ1v) is 11.8. The van der Waals surface area contributed by atoms with Gasteiger partial charge in [-0.15, -0.1) is 12.4 Å². The van der Waals surface area contributed by atoms with Crippen molar-refractivity contribution in [2.24, 2.45) is 11.3 Å². The highest BCUT2D eigenvalue weighted by atomic mass is 35.5. The van der Waals surface area contributed by atoms with Crippen molar-refractivity contribution in [2.75, 3.05) is 14.1 Å². The minimum absolute atomic E-state index is 0. The molecule has 8 heteroatoms. The molecule has 1 rings (SSSR count). The van der Waals surface area contributed by atoms with Gasteiger partial charge >= 0.3 is 5.97 Å². The van der Waals surface area contributed by atoms with Crippen LogP contribution in [0.5, 0.6) is 0 Å². The fourth-order valence-electron chi connectivity index (χ4n) is 4.16. The highest BCUT2D eigenvalue weighted by Crippen LogP contribution is 2.29. The van der Waals surface area contributed by atoms with Crippen LogP contribution in [0.1, 0.15) is 61.0 Å². The third kappa shape index (κ3) is 8.36. The van der Waals surface area contributed by atoms with Gasteiger partial charge in [0.1, 0.15) is 6.04 Å². The van der Waals surface area contributed by atoms with E-state index in [2.05, 4.69) is 10.6 Å². The summed E-state index contributed by atoms with van der Waals surface area (Å²) in [4.78, 5) is 40.1. The molecule has 0 spiro atoms. The maximum Gasteiger partial charge on any atom is 0.331 e. The first-order chi connectivity index (χ1) is 15.5. The molecule has 0 unspecified atom stereocenters. The van der Waals surface area contributed by atoms with E-state index in [1.165, 1.54) is 6.92 Å². The van der Waals surface area contributed by atoms with Gasteiger partial charge in [-0.2, -0.15) is 0 Å². The van der Waals surface area contributed by atoms with Crippen LogP contribution in [0.3, 0.4) is 0 Å². The summed E-state index contributed by atoms with van der Waals surface area (Å²) in [5, 5.41) is 15.5. The molecule has 1 aromatic rings. The monoisotopic (exact) mass is 509 g/mol. The van der Waals surface area contributed by atoms with Gasteiger partial charge < -0.3 is 20.6 Å². The van der Waals surface area contributed by atoms with Gasteiger partial charge in [-0.25, -0.2) is 4.79 Å². The van der Waals surface area contributed by atoms with Gasteiger partial charge in [0, 0.05) is 18.0 Å². The van der Waals surface area contributed by atoms with Crippen LogP contribution in [0, 0.1) is 11.3 Å². The molecule has 0 heterocycles. The Bertz CT molecular complexity index is 891. The minimum atomic E-state index is -1.02. The predicted octanol–water partition coefficient (Wildman–Crippen LogP) is 4.02. The van der Waals surface area contributed by atoms with Crippen molar-refractivity contribution in [3.05, 3.63) is 47.5 Å². The summed E-state index contributed by atoms with van der Waals surface area (Å²) in [6.07, 6.45) is 1.60. The first-order valence-electron chi connectivity index (χ1n) is 11.8. The Morgan fingerprint density at radius 2 is 1.51 bits per heavy atom. The number of likely N-dealkylation sites (N-methyl/N-ethyl adjacent to an activating group) is 2. The van der Waals surface area contributed by atoms with Crippen molar-refractivity contribution in [1.82, 2.24) is 15.5 Å². The Morgan fingerprint density at radius 1 is 1.00 bits per heavy atom. The molecule has 7 nitrogen and oxygen atoms in total. The maximum absolute atomic E-state index is 13.7. The summed E-state index contributed by atoms with van der Waals surface area (Å²) in [6.45, 7) is 15.1. The summed E-state index contributed by atoms with van der Waals surface area (Å²) in [7, 11) is 3.40. The number of hydrogen-bond acceptors (Lipinski definition) is 4. The summed E-state index contributed by atoms with van der Waals surface area (Å²) >= 11 is 0. The van der Waals surface area contributed by atoms with E-state index < -0.39 is 34.9 Å². The zero-order chi connectivity index (χ0) is 26.4. The third-order valence-electron chi connectivity index (χ3n) is 6.43. The number of aliphatic carboxylic acids is 1. The number of hydrogen-bond donors (Lipinski definition) is 3. The molecule has 35 heavy (non-hydrogen) atoms. The number of carboxylic acid groups (broad SMARTS) is 1. The number of nitrogens with one attached hydrogen (secondary N) is 2. The van der Waals surface area contributed by atoms with Crippen molar-refractivity contribution < 1.29 is 19.5 Å². The fourth-order valence-corrected chi connectivity index (χ4v) is 4.16. The number of carbonyl (C=O) groups is 3. The van der Waals surface area contributed by atoms with E-state index in [-0.39, 0.29) is 35.7 Å². The highest BCUT2D eigenvalue weighted by molar-refractivity contribution is 5.91. The van der Waals surface area contributed by atoms with Crippen LogP contribution in [0.25, 0.3) is 0 Å². The van der Waals surface area contributed by atoms with Crippen LogP contribution in [-0.2, 0) is 19.8 Å². The fraction of sp³-hybridized carbons (Fsp3) is 0.593. The third-order valence-corrected chi connectivity index (χ3v) is 6.43. The molecule has 0 bridgehead atoms. The van der Waals surface area contributed by atoms with Crippen molar-refractivity contribution in [2.45, 2.75) is 78.9 Å². The molecular formula is C27H44ClN3O4. The van der Waals surface area contributed by atoms with Gasteiger partial charge in [0.2, 0.25) is 11.8 Å². The molecular weight excluding hydrogens is 466 g/mol. The second-order valence-electron chi connectivity index (χ2n) is 11.0. The zero-order valence-electron chi connectivity index (χ0n) is 22.8. The molecule has 3 atom stereocenters. The predicted molar refractivity (Wildman–Crippen MR) is 144 cm³/mol. The molecule has 3 N–H and O–H groups in total. The highest BCUT2D eigenvalue weighted by Gasteiger charge is 2.41. The Kier molecular flexibility index (Phi) is 12.2. The summed E-state index contributed by atoms with van der Waals surface area (Å²) in [6, 6.07) is 7.99. The van der Waals surface area contributed by atoms with E-state index in [1.807, 2.05) is 78.8 Å². The largest absolute Gasteiger partial charge is 0.478 e. The van der Waals surface area contributed by atoms with E-state index in [4.69, 9.17) is 0 Å². The molecule has 0 fully saturated rings. The molecule has 0 aliphatic heterocycles. The van der Waals surface area contributed by atoms with Crippen LogP contribution in [-0.4, -0.2) is 60.0 Å². The molecule has 1 aromatic carbocycles. The number of carboxylic acids is 1. The lowest BCUT2D eigenvalue weighted by molar-refractivity contribution is -0.141. The van der Waals surface area contributed by atoms with Crippen molar-refractivity contribution in [3.8, 4) is 0 Å². The quantitative estimate of drug-likeness (QED) is 0.414. The average Bonchev–Trinajstić information content (AvgIpc) is 2.74. The molecule has 0 radical (unpaired) electrons. The molecule has 2 amide bonds. The zero-order valence-corrected chi connectivity index (χ0v) is 23.6. The van der Waals surface area contributed by atoms with Gasteiger partial charge in [-0.3, -0.25) is 9.59 Å². The number of nitrogens with zero attached hydrogens (tertiary/aromatic N) is 1.